The molecule has 0 aliphatic heterocycles. The van der Waals surface area contributed by atoms with E-state index in [-0.39, 0.29) is 0 Å². The molecule has 0 spiro atoms. The van der Waals surface area contributed by atoms with Crippen LogP contribution in [0.15, 0.2) is 0 Å². The second-order valence-electron chi connectivity index (χ2n) is 3.93. The third-order valence-electron chi connectivity index (χ3n) is 3.05. The molecule has 2 atom stereocenters. The normalized spacial score (nSPS) is 15.6. The van der Waals surface area contributed by atoms with Crippen LogP contribution < -0.4 is 5.32 Å². The molecule has 2 unspecified atom stereocenters. The molecule has 0 saturated heterocycles. The molecule has 3 nitrogen and oxygen atoms in total. The molecule has 0 aliphatic carbocycles. The molecule has 0 heterocycles. The first-order valence-corrected chi connectivity index (χ1v) is 6.17. The van der Waals surface area contributed by atoms with Gasteiger partial charge in [-0.05, 0) is 26.4 Å². The average Bonchev–Trinajstić information content (AvgIpc) is 2.26. The Kier molecular flexibility index (Phi) is 9.06. The fourth-order valence-electron chi connectivity index (χ4n) is 2.03. The lowest BCUT2D eigenvalue weighted by Crippen LogP contribution is -2.49. The summed E-state index contributed by atoms with van der Waals surface area (Å²) in [6.45, 7) is 12.9. The molecule has 92 valence electrons. The van der Waals surface area contributed by atoms with Crippen molar-refractivity contribution >= 4 is 0 Å². The van der Waals surface area contributed by atoms with Gasteiger partial charge in [0.05, 0.1) is 6.61 Å². The van der Waals surface area contributed by atoms with E-state index < -0.39 is 0 Å². The summed E-state index contributed by atoms with van der Waals surface area (Å²) in [4.78, 5) is 2.47. The largest absolute Gasteiger partial charge is 0.383 e. The highest BCUT2D eigenvalue weighted by atomic mass is 16.5. The van der Waals surface area contributed by atoms with Crippen LogP contribution in [-0.2, 0) is 4.74 Å². The summed E-state index contributed by atoms with van der Waals surface area (Å²) in [5, 5.41) is 3.54. The number of hydrogen-bond acceptors (Lipinski definition) is 3. The fraction of sp³-hybridized carbons (Fsp3) is 1.00. The minimum Gasteiger partial charge on any atom is -0.383 e. The van der Waals surface area contributed by atoms with E-state index in [1.165, 1.54) is 6.42 Å². The monoisotopic (exact) mass is 216 g/mol. The number of ether oxygens (including phenoxy) is 1. The molecule has 0 aromatic rings. The van der Waals surface area contributed by atoms with Gasteiger partial charge in [0.15, 0.2) is 0 Å². The van der Waals surface area contributed by atoms with E-state index in [2.05, 4.69) is 37.9 Å². The van der Waals surface area contributed by atoms with Crippen LogP contribution in [-0.4, -0.2) is 50.3 Å². The quantitative estimate of drug-likeness (QED) is 0.635. The smallest absolute Gasteiger partial charge is 0.0589 e. The van der Waals surface area contributed by atoms with Crippen molar-refractivity contribution in [3.8, 4) is 0 Å². The van der Waals surface area contributed by atoms with Crippen molar-refractivity contribution in [3.05, 3.63) is 0 Å². The van der Waals surface area contributed by atoms with Gasteiger partial charge in [-0.15, -0.1) is 0 Å². The van der Waals surface area contributed by atoms with Gasteiger partial charge in [-0.2, -0.15) is 0 Å². The Bertz CT molecular complexity index is 142. The molecule has 3 heteroatoms. The van der Waals surface area contributed by atoms with E-state index in [0.717, 1.165) is 26.2 Å². The summed E-state index contributed by atoms with van der Waals surface area (Å²) in [6.07, 6.45) is 1.18. The van der Waals surface area contributed by atoms with Crippen LogP contribution >= 0.6 is 0 Å². The summed E-state index contributed by atoms with van der Waals surface area (Å²) in [6, 6.07) is 1.17. The van der Waals surface area contributed by atoms with Crippen molar-refractivity contribution in [1.29, 1.82) is 0 Å². The Balaban J connectivity index is 4.13. The van der Waals surface area contributed by atoms with Gasteiger partial charge in [-0.25, -0.2) is 0 Å². The Labute approximate surface area is 95.2 Å². The predicted octanol–water partition coefficient (Wildman–Crippen LogP) is 1.73. The lowest BCUT2D eigenvalue weighted by atomic mass is 10.1. The second kappa shape index (κ2) is 9.13. The number of methoxy groups -OCH3 is 1. The summed E-state index contributed by atoms with van der Waals surface area (Å²) in [7, 11) is 1.76. The van der Waals surface area contributed by atoms with Crippen LogP contribution in [0.3, 0.4) is 0 Å². The summed E-state index contributed by atoms with van der Waals surface area (Å²) < 4.78 is 5.14. The molecule has 0 aliphatic rings. The van der Waals surface area contributed by atoms with E-state index >= 15 is 0 Å². The molecule has 0 radical (unpaired) electrons. The molecule has 0 bridgehead atoms. The van der Waals surface area contributed by atoms with Gasteiger partial charge >= 0.3 is 0 Å². The lowest BCUT2D eigenvalue weighted by Gasteiger charge is -2.33. The molecular formula is C12H28N2O. The van der Waals surface area contributed by atoms with Crippen molar-refractivity contribution < 1.29 is 4.74 Å². The SMILES string of the molecule is CCNC(CC)C(C)N(CC)CCOC. The molecule has 0 amide bonds. The third-order valence-corrected chi connectivity index (χ3v) is 3.05. The summed E-state index contributed by atoms with van der Waals surface area (Å²) in [5.41, 5.74) is 0. The Morgan fingerprint density at radius 3 is 2.33 bits per heavy atom. The zero-order chi connectivity index (χ0) is 11.7. The van der Waals surface area contributed by atoms with Gasteiger partial charge in [-0.1, -0.05) is 20.8 Å². The number of hydrogen-bond donors (Lipinski definition) is 1. The van der Waals surface area contributed by atoms with E-state index in [0.29, 0.717) is 12.1 Å². The van der Waals surface area contributed by atoms with Crippen LogP contribution in [0.5, 0.6) is 0 Å². The molecule has 0 fully saturated rings. The standard InChI is InChI=1S/C12H28N2O/c1-6-12(13-7-2)11(4)14(8-3)9-10-15-5/h11-13H,6-10H2,1-5H3. The highest BCUT2D eigenvalue weighted by molar-refractivity contribution is 4.79. The maximum Gasteiger partial charge on any atom is 0.0589 e. The molecule has 0 rings (SSSR count). The number of nitrogens with one attached hydrogen (secondary N) is 1. The third kappa shape index (κ3) is 5.50. The van der Waals surface area contributed by atoms with Gasteiger partial charge in [0.2, 0.25) is 0 Å². The summed E-state index contributed by atoms with van der Waals surface area (Å²) in [5.74, 6) is 0. The second-order valence-corrected chi connectivity index (χ2v) is 3.93. The predicted molar refractivity (Wildman–Crippen MR) is 66.3 cm³/mol. The first-order valence-electron chi connectivity index (χ1n) is 6.17. The van der Waals surface area contributed by atoms with E-state index in [1.807, 2.05) is 0 Å². The molecule has 1 N–H and O–H groups in total. The first kappa shape index (κ1) is 14.9. The Hall–Kier alpha value is -0.120. The van der Waals surface area contributed by atoms with Crippen molar-refractivity contribution in [2.45, 2.75) is 46.2 Å². The average molecular weight is 216 g/mol. The zero-order valence-corrected chi connectivity index (χ0v) is 11.0. The number of nitrogens with zero attached hydrogens (tertiary/aromatic N) is 1. The van der Waals surface area contributed by atoms with Gasteiger partial charge in [0.1, 0.15) is 0 Å². The number of rotatable bonds is 9. The van der Waals surface area contributed by atoms with Crippen LogP contribution in [0.25, 0.3) is 0 Å². The van der Waals surface area contributed by atoms with Crippen molar-refractivity contribution in [2.75, 3.05) is 33.4 Å². The van der Waals surface area contributed by atoms with Crippen LogP contribution in [0.4, 0.5) is 0 Å². The van der Waals surface area contributed by atoms with E-state index in [4.69, 9.17) is 4.74 Å². The van der Waals surface area contributed by atoms with Crippen LogP contribution in [0.1, 0.15) is 34.1 Å². The van der Waals surface area contributed by atoms with Crippen LogP contribution in [0, 0.1) is 0 Å². The first-order chi connectivity index (χ1) is 7.21. The highest BCUT2D eigenvalue weighted by Gasteiger charge is 2.19. The molecule has 0 saturated carbocycles. The van der Waals surface area contributed by atoms with Gasteiger partial charge < -0.3 is 10.1 Å². The van der Waals surface area contributed by atoms with E-state index in [1.54, 1.807) is 7.11 Å². The molecule has 0 aromatic heterocycles. The highest BCUT2D eigenvalue weighted by Crippen LogP contribution is 2.07. The number of likely N-dealkylation sites (N-methyl/N-ethyl adjacent to an activating group) is 2. The van der Waals surface area contributed by atoms with Gasteiger partial charge in [-0.3, -0.25) is 4.90 Å². The van der Waals surface area contributed by atoms with Crippen molar-refractivity contribution in [3.63, 3.8) is 0 Å². The fourth-order valence-corrected chi connectivity index (χ4v) is 2.03. The minimum atomic E-state index is 0.579. The Morgan fingerprint density at radius 2 is 1.93 bits per heavy atom. The molecule has 0 aromatic carbocycles. The maximum atomic E-state index is 5.14. The topological polar surface area (TPSA) is 24.5 Å². The lowest BCUT2D eigenvalue weighted by molar-refractivity contribution is 0.112. The van der Waals surface area contributed by atoms with E-state index in [9.17, 15) is 0 Å². The zero-order valence-electron chi connectivity index (χ0n) is 11.0. The van der Waals surface area contributed by atoms with Gasteiger partial charge in [0, 0.05) is 25.7 Å². The minimum absolute atomic E-state index is 0.579. The Morgan fingerprint density at radius 1 is 1.27 bits per heavy atom. The van der Waals surface area contributed by atoms with Crippen LogP contribution in [0.2, 0.25) is 0 Å². The molecular weight excluding hydrogens is 188 g/mol. The molecule has 15 heavy (non-hydrogen) atoms. The summed E-state index contributed by atoms with van der Waals surface area (Å²) >= 11 is 0. The van der Waals surface area contributed by atoms with Crippen molar-refractivity contribution in [1.82, 2.24) is 10.2 Å². The maximum absolute atomic E-state index is 5.14. The van der Waals surface area contributed by atoms with Crippen molar-refractivity contribution in [2.24, 2.45) is 0 Å². The van der Waals surface area contributed by atoms with Gasteiger partial charge in [0.25, 0.3) is 0 Å².